The molecule has 0 N–H and O–H groups in total. The van der Waals surface area contributed by atoms with Crippen molar-refractivity contribution in [3.05, 3.63) is 81.0 Å². The van der Waals surface area contributed by atoms with Crippen molar-refractivity contribution in [2.75, 3.05) is 13.1 Å². The molecule has 2 amide bonds. The Balaban J connectivity index is 1.76. The Kier molecular flexibility index (Phi) is 5.35. The van der Waals surface area contributed by atoms with Gasteiger partial charge >= 0.3 is 0 Å². The van der Waals surface area contributed by atoms with E-state index in [9.17, 15) is 19.7 Å². The minimum Gasteiger partial charge on any atom is -0.362 e. The summed E-state index contributed by atoms with van der Waals surface area (Å²) >= 11 is 0. The first-order valence-electron chi connectivity index (χ1n) is 10.2. The molecule has 7 heteroatoms. The maximum Gasteiger partial charge on any atom is 0.277 e. The van der Waals surface area contributed by atoms with Crippen LogP contribution in [-0.2, 0) is 22.6 Å². The molecular weight excluding hydrogens is 382 g/mol. The van der Waals surface area contributed by atoms with Crippen LogP contribution >= 0.6 is 0 Å². The molecule has 154 valence electrons. The highest BCUT2D eigenvalue weighted by molar-refractivity contribution is 6.35. The van der Waals surface area contributed by atoms with Crippen LogP contribution in [0.3, 0.4) is 0 Å². The van der Waals surface area contributed by atoms with Crippen LogP contribution in [0.4, 0.5) is 5.69 Å². The molecule has 2 aromatic carbocycles. The molecule has 0 fully saturated rings. The molecule has 0 unspecified atom stereocenters. The highest BCUT2D eigenvalue weighted by atomic mass is 16.6. The minimum atomic E-state index is -0.476. The van der Waals surface area contributed by atoms with Gasteiger partial charge in [-0.15, -0.1) is 0 Å². The average molecular weight is 405 g/mol. The smallest absolute Gasteiger partial charge is 0.277 e. The summed E-state index contributed by atoms with van der Waals surface area (Å²) in [6, 6.07) is 14.0. The summed E-state index contributed by atoms with van der Waals surface area (Å²) in [4.78, 5) is 40.3. The van der Waals surface area contributed by atoms with Gasteiger partial charge in [0.05, 0.1) is 10.5 Å². The van der Waals surface area contributed by atoms with E-state index in [0.717, 1.165) is 24.8 Å². The van der Waals surface area contributed by atoms with Gasteiger partial charge in [0.1, 0.15) is 5.70 Å². The quantitative estimate of drug-likeness (QED) is 0.417. The molecule has 30 heavy (non-hydrogen) atoms. The van der Waals surface area contributed by atoms with Crippen LogP contribution in [0.5, 0.6) is 0 Å². The number of carbonyl (C=O) groups is 2. The molecule has 4 rings (SSSR count). The van der Waals surface area contributed by atoms with Crippen LogP contribution in [0, 0.1) is 10.1 Å². The number of imide groups is 1. The zero-order valence-electron chi connectivity index (χ0n) is 16.8. The number of fused-ring (bicyclic) bond motifs is 1. The van der Waals surface area contributed by atoms with Crippen molar-refractivity contribution in [1.82, 2.24) is 9.80 Å². The molecular formula is C23H23N3O4. The first kappa shape index (κ1) is 19.8. The van der Waals surface area contributed by atoms with Gasteiger partial charge in [0.2, 0.25) is 0 Å². The molecule has 2 aliphatic rings. The lowest BCUT2D eigenvalue weighted by Gasteiger charge is -2.31. The maximum atomic E-state index is 13.3. The van der Waals surface area contributed by atoms with E-state index in [1.165, 1.54) is 22.6 Å². The van der Waals surface area contributed by atoms with Crippen molar-refractivity contribution in [2.45, 2.75) is 32.7 Å². The summed E-state index contributed by atoms with van der Waals surface area (Å²) < 4.78 is 0. The van der Waals surface area contributed by atoms with Crippen LogP contribution in [-0.4, -0.2) is 39.6 Å². The van der Waals surface area contributed by atoms with E-state index in [0.29, 0.717) is 36.5 Å². The number of nitrogens with zero attached hydrogens (tertiary/aromatic N) is 3. The second-order valence-corrected chi connectivity index (χ2v) is 7.58. The van der Waals surface area contributed by atoms with Gasteiger partial charge in [-0.2, -0.15) is 0 Å². The topological polar surface area (TPSA) is 83.8 Å². The van der Waals surface area contributed by atoms with Gasteiger partial charge in [-0.1, -0.05) is 37.6 Å². The Morgan fingerprint density at radius 1 is 1.00 bits per heavy atom. The number of nitro groups is 1. The molecule has 0 aromatic heterocycles. The molecule has 0 atom stereocenters. The van der Waals surface area contributed by atoms with Crippen molar-refractivity contribution < 1.29 is 14.5 Å². The predicted molar refractivity (Wildman–Crippen MR) is 112 cm³/mol. The van der Waals surface area contributed by atoms with Crippen LogP contribution in [0.15, 0.2) is 54.2 Å². The largest absolute Gasteiger partial charge is 0.362 e. The normalized spacial score (nSPS) is 16.3. The lowest BCUT2D eigenvalue weighted by Crippen LogP contribution is -2.37. The SMILES string of the molecule is CCCCN1C(=O)C(c2ccc([N+](=O)[O-])cc2)=C(N2CCc3ccccc3C2)C1=O. The lowest BCUT2D eigenvalue weighted by molar-refractivity contribution is -0.384. The van der Waals surface area contributed by atoms with E-state index in [4.69, 9.17) is 0 Å². The van der Waals surface area contributed by atoms with Crippen molar-refractivity contribution in [3.63, 3.8) is 0 Å². The highest BCUT2D eigenvalue weighted by Crippen LogP contribution is 2.35. The van der Waals surface area contributed by atoms with Crippen LogP contribution in [0.2, 0.25) is 0 Å². The number of carbonyl (C=O) groups excluding carboxylic acids is 2. The van der Waals surface area contributed by atoms with Crippen LogP contribution in [0.1, 0.15) is 36.5 Å². The predicted octanol–water partition coefficient (Wildman–Crippen LogP) is 3.53. The van der Waals surface area contributed by atoms with E-state index in [1.807, 2.05) is 30.0 Å². The number of amides is 2. The average Bonchev–Trinajstić information content (AvgIpc) is 3.01. The molecule has 7 nitrogen and oxygen atoms in total. The molecule has 0 saturated heterocycles. The van der Waals surface area contributed by atoms with E-state index < -0.39 is 4.92 Å². The standard InChI is InChI=1S/C23H23N3O4/c1-2-3-13-25-22(27)20(17-8-10-19(11-9-17)26(29)30)21(23(25)28)24-14-12-16-6-4-5-7-18(16)15-24/h4-11H,2-3,12-15H2,1H3. The zero-order chi connectivity index (χ0) is 21.3. The molecule has 0 radical (unpaired) electrons. The third-order valence-electron chi connectivity index (χ3n) is 5.69. The van der Waals surface area contributed by atoms with Gasteiger partial charge in [-0.25, -0.2) is 0 Å². The molecule has 0 aliphatic carbocycles. The number of unbranched alkanes of at least 4 members (excludes halogenated alkanes) is 1. The number of nitro benzene ring substituents is 1. The van der Waals surface area contributed by atoms with Gasteiger partial charge in [-0.05, 0) is 41.7 Å². The molecule has 2 heterocycles. The Bertz CT molecular complexity index is 1040. The fourth-order valence-electron chi connectivity index (χ4n) is 4.07. The number of rotatable bonds is 6. The first-order valence-corrected chi connectivity index (χ1v) is 10.2. The summed E-state index contributed by atoms with van der Waals surface area (Å²) in [7, 11) is 0. The fraction of sp³-hybridized carbons (Fsp3) is 0.304. The fourth-order valence-corrected chi connectivity index (χ4v) is 4.07. The number of benzene rings is 2. The monoisotopic (exact) mass is 405 g/mol. The van der Waals surface area contributed by atoms with E-state index >= 15 is 0 Å². The molecule has 0 spiro atoms. The van der Waals surface area contributed by atoms with Gasteiger partial charge in [0, 0.05) is 31.8 Å². The van der Waals surface area contributed by atoms with Crippen LogP contribution in [0.25, 0.3) is 5.57 Å². The van der Waals surface area contributed by atoms with Crippen molar-refractivity contribution in [2.24, 2.45) is 0 Å². The Hall–Kier alpha value is -3.48. The summed E-state index contributed by atoms with van der Waals surface area (Å²) in [5.74, 6) is -0.600. The highest BCUT2D eigenvalue weighted by Gasteiger charge is 2.41. The maximum absolute atomic E-state index is 13.3. The minimum absolute atomic E-state index is 0.0487. The third-order valence-corrected chi connectivity index (χ3v) is 5.69. The Morgan fingerprint density at radius 3 is 2.37 bits per heavy atom. The summed E-state index contributed by atoms with van der Waals surface area (Å²) in [6.07, 6.45) is 2.40. The molecule has 0 saturated carbocycles. The molecule has 0 bridgehead atoms. The van der Waals surface area contributed by atoms with Crippen molar-refractivity contribution in [1.29, 1.82) is 0 Å². The van der Waals surface area contributed by atoms with E-state index in [1.54, 1.807) is 12.1 Å². The molecule has 2 aliphatic heterocycles. The first-order chi connectivity index (χ1) is 14.5. The second-order valence-electron chi connectivity index (χ2n) is 7.58. The third kappa shape index (κ3) is 3.47. The van der Waals surface area contributed by atoms with Crippen LogP contribution < -0.4 is 0 Å². The van der Waals surface area contributed by atoms with Gasteiger partial charge in [0.25, 0.3) is 17.5 Å². The summed E-state index contributed by atoms with van der Waals surface area (Å²) in [6.45, 7) is 3.59. The molecule has 2 aromatic rings. The Labute approximate surface area is 174 Å². The number of non-ortho nitro benzene ring substituents is 1. The van der Waals surface area contributed by atoms with Gasteiger partial charge in [0.15, 0.2) is 0 Å². The van der Waals surface area contributed by atoms with E-state index in [2.05, 4.69) is 6.07 Å². The van der Waals surface area contributed by atoms with E-state index in [-0.39, 0.29) is 17.5 Å². The van der Waals surface area contributed by atoms with Gasteiger partial charge in [-0.3, -0.25) is 24.6 Å². The summed E-state index contributed by atoms with van der Waals surface area (Å²) in [5.41, 5.74) is 3.63. The summed E-state index contributed by atoms with van der Waals surface area (Å²) in [5, 5.41) is 11.0. The number of hydrogen-bond donors (Lipinski definition) is 0. The number of hydrogen-bond acceptors (Lipinski definition) is 5. The van der Waals surface area contributed by atoms with Crippen molar-refractivity contribution in [3.8, 4) is 0 Å². The Morgan fingerprint density at radius 2 is 1.70 bits per heavy atom. The lowest BCUT2D eigenvalue weighted by atomic mass is 9.98. The second kappa shape index (κ2) is 8.10. The van der Waals surface area contributed by atoms with Gasteiger partial charge < -0.3 is 4.90 Å². The van der Waals surface area contributed by atoms with Crippen molar-refractivity contribution >= 4 is 23.1 Å². The zero-order valence-corrected chi connectivity index (χ0v) is 16.8.